The number of amides is 3. The molecule has 248 valence electrons. The lowest BCUT2D eigenvalue weighted by atomic mass is 10.0. The number of rotatable bonds is 11. The number of aliphatic carboxylic acids is 1. The van der Waals surface area contributed by atoms with Gasteiger partial charge in [0.05, 0.1) is 17.5 Å². The number of β-lactam (4-membered cyclic amide) rings is 1. The van der Waals surface area contributed by atoms with Crippen molar-refractivity contribution in [3.63, 3.8) is 0 Å². The Morgan fingerprint density at radius 1 is 1.10 bits per heavy atom. The van der Waals surface area contributed by atoms with Gasteiger partial charge in [0, 0.05) is 23.7 Å². The van der Waals surface area contributed by atoms with E-state index in [1.807, 2.05) is 26.0 Å². The molecule has 1 fully saturated rings. The molecular weight excluding hydrogens is 661 g/mol. The monoisotopic (exact) mass is 690 g/mol. The zero-order chi connectivity index (χ0) is 34.1. The second-order valence-corrected chi connectivity index (χ2v) is 13.6. The summed E-state index contributed by atoms with van der Waals surface area (Å²) >= 11 is 2.40. The highest BCUT2D eigenvalue weighted by Crippen LogP contribution is 2.41. The summed E-state index contributed by atoms with van der Waals surface area (Å²) in [5.41, 5.74) is 1.84. The van der Waals surface area contributed by atoms with E-state index in [2.05, 4.69) is 30.8 Å². The highest BCUT2D eigenvalue weighted by atomic mass is 32.2. The standard InChI is InChI=1S/C31H30N8O7S2/c1-15(2)12-38-28(44)26(42)36-37-31(38)48-14-17-13-47-29-22(27(43)39(29)23(17)30(45)46)35-21(40)11-16-7-3-4-8-18(16)34-25(41)24-32-19-9-5-6-10-20(19)33-24/h3-10,15,22,29H,11-14H2,1-2H3,(H,32,33)(H,34,41)(H,35,40)(H,36,42)(H,45,46)/t22?,29-/m1/s1. The van der Waals surface area contributed by atoms with Gasteiger partial charge >= 0.3 is 11.5 Å². The number of nitrogens with zero attached hydrogens (tertiary/aromatic N) is 5. The van der Waals surface area contributed by atoms with Gasteiger partial charge in [0.25, 0.3) is 17.7 Å². The SMILES string of the molecule is CC(C)Cn1c(SCC2=C(C(=O)O)N3C(=O)C(NC(=O)Cc4ccccc4NC(=O)c4nc5ccccc5[nH]4)[C@H]3SC2)nnc(O)c1=O. The van der Waals surface area contributed by atoms with Crippen molar-refractivity contribution < 1.29 is 29.4 Å². The minimum atomic E-state index is -1.29. The normalized spacial score (nSPS) is 17.3. The van der Waals surface area contributed by atoms with E-state index in [0.717, 1.165) is 11.8 Å². The van der Waals surface area contributed by atoms with Crippen LogP contribution in [0, 0.1) is 5.92 Å². The molecule has 0 bridgehead atoms. The van der Waals surface area contributed by atoms with Crippen molar-refractivity contribution in [2.24, 2.45) is 5.92 Å². The molecular formula is C31H30N8O7S2. The number of anilines is 1. The van der Waals surface area contributed by atoms with E-state index in [1.54, 1.807) is 36.4 Å². The Morgan fingerprint density at radius 2 is 1.85 bits per heavy atom. The summed E-state index contributed by atoms with van der Waals surface area (Å²) in [5, 5.41) is 32.4. The van der Waals surface area contributed by atoms with Crippen LogP contribution in [0.15, 0.2) is 69.8 Å². The first-order valence-corrected chi connectivity index (χ1v) is 16.9. The van der Waals surface area contributed by atoms with Crippen molar-refractivity contribution in [3.8, 4) is 5.88 Å². The van der Waals surface area contributed by atoms with Crippen molar-refractivity contribution >= 4 is 63.9 Å². The van der Waals surface area contributed by atoms with Crippen molar-refractivity contribution in [1.29, 1.82) is 0 Å². The Bertz CT molecular complexity index is 2010. The minimum Gasteiger partial charge on any atom is -0.488 e. The number of fused-ring (bicyclic) bond motifs is 2. The molecule has 48 heavy (non-hydrogen) atoms. The Labute approximate surface area is 281 Å². The van der Waals surface area contributed by atoms with E-state index in [4.69, 9.17) is 0 Å². The molecule has 0 radical (unpaired) electrons. The first-order chi connectivity index (χ1) is 23.0. The van der Waals surface area contributed by atoms with Gasteiger partial charge in [0.15, 0.2) is 11.0 Å². The van der Waals surface area contributed by atoms with Crippen LogP contribution < -0.4 is 16.2 Å². The minimum absolute atomic E-state index is 0.0613. The molecule has 6 rings (SSSR count). The van der Waals surface area contributed by atoms with Gasteiger partial charge in [-0.05, 0) is 35.3 Å². The molecule has 0 aliphatic carbocycles. The number of hydrogen-bond donors (Lipinski definition) is 5. The molecule has 1 unspecified atom stereocenters. The molecule has 15 nitrogen and oxygen atoms in total. The molecule has 2 atom stereocenters. The lowest BCUT2D eigenvalue weighted by molar-refractivity contribution is -0.150. The molecule has 2 aromatic heterocycles. The van der Waals surface area contributed by atoms with E-state index in [1.165, 1.54) is 21.2 Å². The van der Waals surface area contributed by atoms with Crippen LogP contribution in [0.2, 0.25) is 0 Å². The van der Waals surface area contributed by atoms with Gasteiger partial charge in [-0.3, -0.25) is 28.6 Å². The highest BCUT2D eigenvalue weighted by molar-refractivity contribution is 8.01. The summed E-state index contributed by atoms with van der Waals surface area (Å²) in [4.78, 5) is 72.6. The molecule has 1 saturated heterocycles. The van der Waals surface area contributed by atoms with Crippen LogP contribution in [0.3, 0.4) is 0 Å². The number of nitrogens with one attached hydrogen (secondary N) is 3. The highest BCUT2D eigenvalue weighted by Gasteiger charge is 2.54. The summed E-state index contributed by atoms with van der Waals surface area (Å²) < 4.78 is 1.29. The topological polar surface area (TPSA) is 212 Å². The smallest absolute Gasteiger partial charge is 0.352 e. The van der Waals surface area contributed by atoms with Crippen LogP contribution in [0.4, 0.5) is 5.69 Å². The lowest BCUT2D eigenvalue weighted by Crippen LogP contribution is -2.70. The molecule has 0 saturated carbocycles. The number of carboxylic acids is 1. The van der Waals surface area contributed by atoms with Crippen molar-refractivity contribution in [2.45, 2.75) is 43.4 Å². The third-order valence-electron chi connectivity index (χ3n) is 7.61. The molecule has 17 heteroatoms. The zero-order valence-electron chi connectivity index (χ0n) is 25.7. The number of carboxylic acid groups (broad SMARTS) is 1. The van der Waals surface area contributed by atoms with E-state index in [9.17, 15) is 34.2 Å². The lowest BCUT2D eigenvalue weighted by Gasteiger charge is -2.49. The van der Waals surface area contributed by atoms with Gasteiger partial charge in [0.2, 0.25) is 5.91 Å². The van der Waals surface area contributed by atoms with Gasteiger partial charge < -0.3 is 25.8 Å². The molecule has 3 amide bonds. The number of thioether (sulfide) groups is 2. The summed E-state index contributed by atoms with van der Waals surface area (Å²) in [6.07, 6.45) is -0.146. The number of carbonyl (C=O) groups excluding carboxylic acids is 3. The molecule has 2 aromatic carbocycles. The van der Waals surface area contributed by atoms with Crippen LogP contribution in [-0.4, -0.2) is 86.5 Å². The van der Waals surface area contributed by atoms with Crippen LogP contribution in [0.1, 0.15) is 30.0 Å². The van der Waals surface area contributed by atoms with Gasteiger partial charge in [-0.15, -0.1) is 22.0 Å². The van der Waals surface area contributed by atoms with E-state index in [0.29, 0.717) is 27.9 Å². The quantitative estimate of drug-likeness (QED) is 0.113. The summed E-state index contributed by atoms with van der Waals surface area (Å²) in [5.74, 6) is -3.00. The maximum absolute atomic E-state index is 13.2. The van der Waals surface area contributed by atoms with Crippen LogP contribution >= 0.6 is 23.5 Å². The molecule has 4 heterocycles. The number of imidazole rings is 1. The summed E-state index contributed by atoms with van der Waals surface area (Å²) in [6, 6.07) is 13.1. The second-order valence-electron chi connectivity index (χ2n) is 11.5. The summed E-state index contributed by atoms with van der Waals surface area (Å²) in [7, 11) is 0. The van der Waals surface area contributed by atoms with Crippen molar-refractivity contribution in [2.75, 3.05) is 16.8 Å². The molecule has 0 spiro atoms. The van der Waals surface area contributed by atoms with Crippen LogP contribution in [0.5, 0.6) is 5.88 Å². The van der Waals surface area contributed by atoms with Crippen LogP contribution in [-0.2, 0) is 27.3 Å². The molecule has 5 N–H and O–H groups in total. The number of aromatic nitrogens is 5. The predicted molar refractivity (Wildman–Crippen MR) is 177 cm³/mol. The fourth-order valence-electron chi connectivity index (χ4n) is 5.41. The third kappa shape index (κ3) is 6.50. The first-order valence-electron chi connectivity index (χ1n) is 14.8. The number of carbonyl (C=O) groups is 4. The van der Waals surface area contributed by atoms with E-state index >= 15 is 0 Å². The molecule has 4 aromatic rings. The van der Waals surface area contributed by atoms with Crippen LogP contribution in [0.25, 0.3) is 11.0 Å². The van der Waals surface area contributed by atoms with Gasteiger partial charge in [-0.2, -0.15) is 0 Å². The first kappa shape index (κ1) is 32.8. The number of H-pyrrole nitrogens is 1. The molecule has 2 aliphatic rings. The Kier molecular flexibility index (Phi) is 9.23. The average Bonchev–Trinajstić information content (AvgIpc) is 3.50. The Hall–Kier alpha value is -5.16. The predicted octanol–water partition coefficient (Wildman–Crippen LogP) is 2.20. The average molecular weight is 691 g/mol. The summed E-state index contributed by atoms with van der Waals surface area (Å²) in [6.45, 7) is 4.06. The van der Waals surface area contributed by atoms with E-state index in [-0.39, 0.29) is 47.1 Å². The van der Waals surface area contributed by atoms with Crippen molar-refractivity contribution in [3.05, 3.63) is 81.5 Å². The number of para-hydroxylation sites is 3. The fraction of sp³-hybridized carbons (Fsp3) is 0.290. The third-order valence-corrected chi connectivity index (χ3v) is 10.0. The Balaban J connectivity index is 1.11. The van der Waals surface area contributed by atoms with Gasteiger partial charge in [0.1, 0.15) is 17.1 Å². The maximum atomic E-state index is 13.2. The zero-order valence-corrected chi connectivity index (χ0v) is 27.3. The molecule has 2 aliphatic heterocycles. The number of aromatic amines is 1. The van der Waals surface area contributed by atoms with Crippen molar-refractivity contribution in [1.82, 2.24) is 34.9 Å². The number of benzene rings is 2. The largest absolute Gasteiger partial charge is 0.488 e. The van der Waals surface area contributed by atoms with E-state index < -0.39 is 46.5 Å². The number of hydrogen-bond acceptors (Lipinski definition) is 11. The Morgan fingerprint density at radius 3 is 2.60 bits per heavy atom. The fourth-order valence-corrected chi connectivity index (χ4v) is 7.84. The van der Waals surface area contributed by atoms with Gasteiger partial charge in [-0.1, -0.05) is 55.9 Å². The maximum Gasteiger partial charge on any atom is 0.352 e. The second kappa shape index (κ2) is 13.5. The number of aromatic hydroxyl groups is 1. The van der Waals surface area contributed by atoms with Gasteiger partial charge in [-0.25, -0.2) is 9.78 Å².